The highest BCUT2D eigenvalue weighted by Crippen LogP contribution is 2.36. The van der Waals surface area contributed by atoms with Crippen LogP contribution >= 0.6 is 0 Å². The molecule has 1 saturated heterocycles. The molecule has 112 valence electrons. The van der Waals surface area contributed by atoms with Crippen LogP contribution in [-0.2, 0) is 13.5 Å². The van der Waals surface area contributed by atoms with Crippen LogP contribution in [0.25, 0.3) is 0 Å². The third-order valence-electron chi connectivity index (χ3n) is 4.19. The molecule has 0 radical (unpaired) electrons. The quantitative estimate of drug-likeness (QED) is 0.869. The zero-order valence-corrected chi connectivity index (χ0v) is 12.7. The molecule has 0 saturated carbocycles. The van der Waals surface area contributed by atoms with E-state index in [-0.39, 0.29) is 11.9 Å². The summed E-state index contributed by atoms with van der Waals surface area (Å²) in [5.41, 5.74) is 2.60. The molecule has 0 unspecified atom stereocenters. The number of rotatable bonds is 3. The van der Waals surface area contributed by atoms with Gasteiger partial charge in [0.25, 0.3) is 5.91 Å². The predicted octanol–water partition coefficient (Wildman–Crippen LogP) is 2.26. The molecule has 1 atom stereocenters. The summed E-state index contributed by atoms with van der Waals surface area (Å²) in [7, 11) is 1.79. The van der Waals surface area contributed by atoms with Crippen molar-refractivity contribution in [3.05, 3.63) is 35.0 Å². The molecule has 2 aromatic heterocycles. The largest absolute Gasteiger partial charge is 0.361 e. The van der Waals surface area contributed by atoms with Gasteiger partial charge >= 0.3 is 0 Å². The standard InChI is InChI=1S/C15H20N4O2/c1-4-13-14(10(2)17-21-13)11-6-5-9-19(11)15(20)12-7-8-16-18(12)3/h7-8,11H,4-6,9H2,1-3H3/t11-/m0/s1. The van der Waals surface area contributed by atoms with Crippen LogP contribution in [0.3, 0.4) is 0 Å². The fourth-order valence-corrected chi connectivity index (χ4v) is 3.15. The van der Waals surface area contributed by atoms with Gasteiger partial charge in [-0.1, -0.05) is 12.1 Å². The molecule has 6 nitrogen and oxygen atoms in total. The van der Waals surface area contributed by atoms with Gasteiger partial charge in [-0.05, 0) is 25.8 Å². The van der Waals surface area contributed by atoms with E-state index in [1.54, 1.807) is 24.0 Å². The van der Waals surface area contributed by atoms with Gasteiger partial charge in [-0.3, -0.25) is 9.48 Å². The first-order valence-corrected chi connectivity index (χ1v) is 7.37. The maximum absolute atomic E-state index is 12.8. The lowest BCUT2D eigenvalue weighted by Crippen LogP contribution is -2.32. The van der Waals surface area contributed by atoms with E-state index in [1.807, 2.05) is 18.7 Å². The van der Waals surface area contributed by atoms with E-state index in [9.17, 15) is 4.79 Å². The highest BCUT2D eigenvalue weighted by atomic mass is 16.5. The smallest absolute Gasteiger partial charge is 0.272 e. The number of amides is 1. The molecule has 3 rings (SSSR count). The van der Waals surface area contributed by atoms with Crippen LogP contribution in [0, 0.1) is 6.92 Å². The van der Waals surface area contributed by atoms with Crippen molar-refractivity contribution in [2.24, 2.45) is 7.05 Å². The molecule has 0 bridgehead atoms. The van der Waals surface area contributed by atoms with Gasteiger partial charge in [0, 0.05) is 31.8 Å². The highest BCUT2D eigenvalue weighted by molar-refractivity contribution is 5.93. The summed E-state index contributed by atoms with van der Waals surface area (Å²) in [6, 6.07) is 1.83. The number of carbonyl (C=O) groups is 1. The van der Waals surface area contributed by atoms with Crippen LogP contribution in [-0.4, -0.2) is 32.3 Å². The lowest BCUT2D eigenvalue weighted by molar-refractivity contribution is 0.0723. The Bertz CT molecular complexity index is 658. The first-order chi connectivity index (χ1) is 10.1. The third-order valence-corrected chi connectivity index (χ3v) is 4.19. The Labute approximate surface area is 123 Å². The molecule has 0 spiro atoms. The maximum Gasteiger partial charge on any atom is 0.272 e. The van der Waals surface area contributed by atoms with Gasteiger partial charge in [0.15, 0.2) is 0 Å². The number of hydrogen-bond acceptors (Lipinski definition) is 4. The van der Waals surface area contributed by atoms with Crippen molar-refractivity contribution in [3.63, 3.8) is 0 Å². The molecule has 0 aliphatic carbocycles. The molecular weight excluding hydrogens is 268 g/mol. The monoisotopic (exact) mass is 288 g/mol. The molecule has 1 aliphatic rings. The maximum atomic E-state index is 12.8. The zero-order chi connectivity index (χ0) is 15.0. The van der Waals surface area contributed by atoms with Gasteiger partial charge in [-0.2, -0.15) is 5.10 Å². The summed E-state index contributed by atoms with van der Waals surface area (Å²) in [6.45, 7) is 4.76. The number of aromatic nitrogens is 3. The topological polar surface area (TPSA) is 64.2 Å². The minimum Gasteiger partial charge on any atom is -0.361 e. The van der Waals surface area contributed by atoms with Gasteiger partial charge < -0.3 is 9.42 Å². The fourth-order valence-electron chi connectivity index (χ4n) is 3.15. The third kappa shape index (κ3) is 2.24. The molecule has 1 fully saturated rings. The van der Waals surface area contributed by atoms with Crippen molar-refractivity contribution in [2.45, 2.75) is 39.2 Å². The summed E-state index contributed by atoms with van der Waals surface area (Å²) in [4.78, 5) is 14.7. The lowest BCUT2D eigenvalue weighted by Gasteiger charge is -2.24. The second kappa shape index (κ2) is 5.35. The van der Waals surface area contributed by atoms with Crippen LogP contribution < -0.4 is 0 Å². The van der Waals surface area contributed by atoms with E-state index < -0.39 is 0 Å². The Kier molecular flexibility index (Phi) is 3.53. The summed E-state index contributed by atoms with van der Waals surface area (Å²) >= 11 is 0. The van der Waals surface area contributed by atoms with Crippen molar-refractivity contribution in [2.75, 3.05) is 6.54 Å². The van der Waals surface area contributed by atoms with Crippen LogP contribution in [0.15, 0.2) is 16.8 Å². The second-order valence-corrected chi connectivity index (χ2v) is 5.46. The Morgan fingerprint density at radius 2 is 2.33 bits per heavy atom. The summed E-state index contributed by atoms with van der Waals surface area (Å²) in [6.07, 6.45) is 4.40. The SMILES string of the molecule is CCc1onc(C)c1[C@@H]1CCCN1C(=O)c1ccnn1C. The molecule has 2 aromatic rings. The van der Waals surface area contributed by atoms with Crippen molar-refractivity contribution < 1.29 is 9.32 Å². The van der Waals surface area contributed by atoms with E-state index in [0.29, 0.717) is 5.69 Å². The normalized spacial score (nSPS) is 18.4. The lowest BCUT2D eigenvalue weighted by atomic mass is 10.0. The Balaban J connectivity index is 1.94. The van der Waals surface area contributed by atoms with Crippen molar-refractivity contribution in [1.82, 2.24) is 19.8 Å². The van der Waals surface area contributed by atoms with Crippen LogP contribution in [0.5, 0.6) is 0 Å². The number of likely N-dealkylation sites (tertiary alicyclic amines) is 1. The highest BCUT2D eigenvalue weighted by Gasteiger charge is 2.35. The summed E-state index contributed by atoms with van der Waals surface area (Å²) in [5.74, 6) is 0.919. The average Bonchev–Trinajstić information content (AvgIpc) is 3.17. The van der Waals surface area contributed by atoms with Crippen LogP contribution in [0.4, 0.5) is 0 Å². The Morgan fingerprint density at radius 1 is 1.52 bits per heavy atom. The predicted molar refractivity (Wildman–Crippen MR) is 76.8 cm³/mol. The van der Waals surface area contributed by atoms with Gasteiger partial charge in [0.1, 0.15) is 11.5 Å². The molecule has 1 amide bonds. The van der Waals surface area contributed by atoms with Crippen LogP contribution in [0.2, 0.25) is 0 Å². The number of hydrogen-bond donors (Lipinski definition) is 0. The van der Waals surface area contributed by atoms with Gasteiger partial charge in [-0.25, -0.2) is 0 Å². The Morgan fingerprint density at radius 3 is 3.00 bits per heavy atom. The van der Waals surface area contributed by atoms with Gasteiger partial charge in [0.05, 0.1) is 11.7 Å². The average molecular weight is 288 g/mol. The molecular formula is C15H20N4O2. The van der Waals surface area contributed by atoms with Crippen molar-refractivity contribution >= 4 is 5.91 Å². The summed E-state index contributed by atoms with van der Waals surface area (Å²) in [5, 5.41) is 8.16. The summed E-state index contributed by atoms with van der Waals surface area (Å²) < 4.78 is 7.02. The molecule has 3 heterocycles. The molecule has 6 heteroatoms. The van der Waals surface area contributed by atoms with Gasteiger partial charge in [0.2, 0.25) is 0 Å². The number of aryl methyl sites for hydroxylation is 3. The first kappa shape index (κ1) is 13.9. The molecule has 1 aliphatic heterocycles. The Hall–Kier alpha value is -2.11. The molecule has 21 heavy (non-hydrogen) atoms. The minimum atomic E-state index is 0.0279. The first-order valence-electron chi connectivity index (χ1n) is 7.37. The van der Waals surface area contributed by atoms with E-state index in [0.717, 1.165) is 42.8 Å². The van der Waals surface area contributed by atoms with E-state index in [1.165, 1.54) is 0 Å². The second-order valence-electron chi connectivity index (χ2n) is 5.46. The number of carbonyl (C=O) groups excluding carboxylic acids is 1. The zero-order valence-electron chi connectivity index (χ0n) is 12.7. The fraction of sp³-hybridized carbons (Fsp3) is 0.533. The van der Waals surface area contributed by atoms with E-state index >= 15 is 0 Å². The molecule has 0 N–H and O–H groups in total. The minimum absolute atomic E-state index is 0.0279. The van der Waals surface area contributed by atoms with E-state index in [4.69, 9.17) is 4.52 Å². The van der Waals surface area contributed by atoms with Crippen LogP contribution in [0.1, 0.15) is 53.3 Å². The van der Waals surface area contributed by atoms with Crippen molar-refractivity contribution in [3.8, 4) is 0 Å². The van der Waals surface area contributed by atoms with Crippen molar-refractivity contribution in [1.29, 1.82) is 0 Å². The van der Waals surface area contributed by atoms with E-state index in [2.05, 4.69) is 10.3 Å². The van der Waals surface area contributed by atoms with Gasteiger partial charge in [-0.15, -0.1) is 0 Å². The molecule has 0 aromatic carbocycles. The number of nitrogens with zero attached hydrogens (tertiary/aromatic N) is 4.